The minimum absolute atomic E-state index is 0.451. The second-order valence-electron chi connectivity index (χ2n) is 4.66. The molecule has 112 valence electrons. The van der Waals surface area contributed by atoms with Crippen LogP contribution in [0.25, 0.3) is 0 Å². The van der Waals surface area contributed by atoms with Crippen molar-refractivity contribution in [3.8, 4) is 5.75 Å². The summed E-state index contributed by atoms with van der Waals surface area (Å²) in [5.74, 6) is 1.65. The van der Waals surface area contributed by atoms with Crippen molar-refractivity contribution in [3.63, 3.8) is 0 Å². The van der Waals surface area contributed by atoms with Crippen molar-refractivity contribution in [2.75, 3.05) is 19.0 Å². The monoisotopic (exact) mass is 287 g/mol. The first-order chi connectivity index (χ1) is 10.3. The molecule has 0 aliphatic heterocycles. The molecule has 0 fully saturated rings. The highest BCUT2D eigenvalue weighted by atomic mass is 16.5. The minimum atomic E-state index is 0.451. The molecule has 5 nitrogen and oxygen atoms in total. The van der Waals surface area contributed by atoms with Gasteiger partial charge < -0.3 is 14.8 Å². The van der Waals surface area contributed by atoms with Gasteiger partial charge in [0.2, 0.25) is 0 Å². The van der Waals surface area contributed by atoms with Crippen LogP contribution in [0.5, 0.6) is 5.75 Å². The van der Waals surface area contributed by atoms with Crippen LogP contribution >= 0.6 is 0 Å². The fourth-order valence-corrected chi connectivity index (χ4v) is 1.77. The van der Waals surface area contributed by atoms with E-state index in [-0.39, 0.29) is 0 Å². The normalized spacial score (nSPS) is 10.4. The topological polar surface area (TPSA) is 56.3 Å². The molecule has 2 rings (SSSR count). The molecular weight excluding hydrogens is 266 g/mol. The molecule has 1 N–H and O–H groups in total. The molecule has 0 unspecified atom stereocenters. The quantitative estimate of drug-likeness (QED) is 0.808. The van der Waals surface area contributed by atoms with Crippen molar-refractivity contribution in [2.24, 2.45) is 0 Å². The summed E-state index contributed by atoms with van der Waals surface area (Å²) in [6, 6.07) is 7.82. The number of aromatic nitrogens is 2. The highest BCUT2D eigenvalue weighted by Gasteiger charge is 1.99. The highest BCUT2D eigenvalue weighted by molar-refractivity contribution is 5.30. The maximum absolute atomic E-state index is 5.64. The van der Waals surface area contributed by atoms with E-state index in [9.17, 15) is 0 Å². The van der Waals surface area contributed by atoms with Crippen LogP contribution in [0.1, 0.15) is 24.6 Å². The van der Waals surface area contributed by atoms with Crippen LogP contribution < -0.4 is 10.1 Å². The molecule has 21 heavy (non-hydrogen) atoms. The van der Waals surface area contributed by atoms with E-state index >= 15 is 0 Å². The van der Waals surface area contributed by atoms with Gasteiger partial charge in [-0.05, 0) is 24.1 Å². The first-order valence-electron chi connectivity index (χ1n) is 7.07. The third-order valence-corrected chi connectivity index (χ3v) is 2.94. The zero-order valence-electron chi connectivity index (χ0n) is 12.5. The van der Waals surface area contributed by atoms with E-state index in [4.69, 9.17) is 9.47 Å². The van der Waals surface area contributed by atoms with Crippen LogP contribution in [0, 0.1) is 0 Å². The van der Waals surface area contributed by atoms with Gasteiger partial charge >= 0.3 is 0 Å². The van der Waals surface area contributed by atoms with Crippen LogP contribution in [0.2, 0.25) is 0 Å². The van der Waals surface area contributed by atoms with Crippen molar-refractivity contribution in [3.05, 3.63) is 47.9 Å². The highest BCUT2D eigenvalue weighted by Crippen LogP contribution is 2.12. The number of ether oxygens (including phenoxy) is 2. The van der Waals surface area contributed by atoms with Crippen LogP contribution in [0.3, 0.4) is 0 Å². The Bertz CT molecular complexity index is 526. The Kier molecular flexibility index (Phi) is 5.97. The van der Waals surface area contributed by atoms with Crippen molar-refractivity contribution < 1.29 is 9.47 Å². The molecule has 0 saturated carbocycles. The number of hydrogen-bond donors (Lipinski definition) is 1. The summed E-state index contributed by atoms with van der Waals surface area (Å²) in [6.45, 7) is 4.01. The van der Waals surface area contributed by atoms with E-state index in [0.717, 1.165) is 35.8 Å². The van der Waals surface area contributed by atoms with Gasteiger partial charge in [-0.15, -0.1) is 0 Å². The molecule has 1 heterocycles. The predicted molar refractivity (Wildman–Crippen MR) is 82.3 cm³/mol. The Balaban J connectivity index is 1.77. The van der Waals surface area contributed by atoms with Crippen molar-refractivity contribution in [1.29, 1.82) is 0 Å². The first kappa shape index (κ1) is 15.3. The third-order valence-electron chi connectivity index (χ3n) is 2.94. The van der Waals surface area contributed by atoms with Gasteiger partial charge in [0.1, 0.15) is 11.6 Å². The van der Waals surface area contributed by atoms with Gasteiger partial charge in [0.15, 0.2) is 0 Å². The molecule has 0 aliphatic rings. The zero-order valence-corrected chi connectivity index (χ0v) is 12.5. The summed E-state index contributed by atoms with van der Waals surface area (Å²) in [5, 5.41) is 3.19. The lowest BCUT2D eigenvalue weighted by Crippen LogP contribution is -2.04. The molecule has 1 aromatic carbocycles. The number of rotatable bonds is 8. The molecule has 1 aromatic heterocycles. The summed E-state index contributed by atoms with van der Waals surface area (Å²) >= 11 is 0. The fraction of sp³-hybridized carbons (Fsp3) is 0.375. The average molecular weight is 287 g/mol. The number of benzene rings is 1. The van der Waals surface area contributed by atoms with Crippen LogP contribution in [-0.2, 0) is 18.0 Å². The smallest absolute Gasteiger partial charge is 0.144 e. The van der Waals surface area contributed by atoms with E-state index in [0.29, 0.717) is 13.2 Å². The number of anilines is 1. The minimum Gasteiger partial charge on any atom is -0.497 e. The van der Waals surface area contributed by atoms with Gasteiger partial charge in [-0.25, -0.2) is 4.98 Å². The third kappa shape index (κ3) is 5.04. The van der Waals surface area contributed by atoms with Gasteiger partial charge in [0, 0.05) is 6.54 Å². The van der Waals surface area contributed by atoms with Crippen LogP contribution in [-0.4, -0.2) is 23.6 Å². The Hall–Kier alpha value is -2.14. The number of nitrogens with zero attached hydrogens (tertiary/aromatic N) is 2. The second-order valence-corrected chi connectivity index (χ2v) is 4.66. The molecule has 0 radical (unpaired) electrons. The summed E-state index contributed by atoms with van der Waals surface area (Å²) in [6.07, 6.45) is 4.54. The maximum Gasteiger partial charge on any atom is 0.144 e. The molecule has 0 aliphatic carbocycles. The molecule has 0 amide bonds. The number of hydrogen-bond acceptors (Lipinski definition) is 5. The predicted octanol–water partition coefficient (Wildman–Crippen LogP) is 3.02. The summed E-state index contributed by atoms with van der Waals surface area (Å²) < 4.78 is 10.8. The van der Waals surface area contributed by atoms with Gasteiger partial charge in [0.05, 0.1) is 38.4 Å². The van der Waals surface area contributed by atoms with E-state index in [1.54, 1.807) is 19.5 Å². The molecule has 0 saturated heterocycles. The van der Waals surface area contributed by atoms with E-state index in [1.165, 1.54) is 0 Å². The second kappa shape index (κ2) is 8.21. The van der Waals surface area contributed by atoms with Crippen molar-refractivity contribution >= 4 is 5.82 Å². The lowest BCUT2D eigenvalue weighted by atomic mass is 10.2. The van der Waals surface area contributed by atoms with Crippen LogP contribution in [0.4, 0.5) is 5.82 Å². The Morgan fingerprint density at radius 1 is 1.05 bits per heavy atom. The zero-order chi connectivity index (χ0) is 14.9. The Morgan fingerprint density at radius 2 is 1.86 bits per heavy atom. The Labute approximate surface area is 125 Å². The molecular formula is C16H21N3O2. The van der Waals surface area contributed by atoms with Gasteiger partial charge in [-0.2, -0.15) is 0 Å². The van der Waals surface area contributed by atoms with Gasteiger partial charge in [-0.1, -0.05) is 19.1 Å². The van der Waals surface area contributed by atoms with Crippen molar-refractivity contribution in [1.82, 2.24) is 9.97 Å². The molecule has 0 atom stereocenters. The fourth-order valence-electron chi connectivity index (χ4n) is 1.77. The summed E-state index contributed by atoms with van der Waals surface area (Å²) in [5.41, 5.74) is 1.93. The van der Waals surface area contributed by atoms with E-state index < -0.39 is 0 Å². The molecule has 2 aromatic rings. The van der Waals surface area contributed by atoms with E-state index in [1.807, 2.05) is 24.3 Å². The van der Waals surface area contributed by atoms with Crippen molar-refractivity contribution in [2.45, 2.75) is 26.6 Å². The maximum atomic E-state index is 5.64. The van der Waals surface area contributed by atoms with Crippen LogP contribution in [0.15, 0.2) is 36.7 Å². The Morgan fingerprint density at radius 3 is 2.48 bits per heavy atom. The van der Waals surface area contributed by atoms with E-state index in [2.05, 4.69) is 22.2 Å². The number of nitrogens with one attached hydrogen (secondary N) is 1. The summed E-state index contributed by atoms with van der Waals surface area (Å²) in [7, 11) is 1.66. The summed E-state index contributed by atoms with van der Waals surface area (Å²) in [4.78, 5) is 8.61. The largest absolute Gasteiger partial charge is 0.497 e. The average Bonchev–Trinajstić information content (AvgIpc) is 2.55. The molecule has 0 bridgehead atoms. The molecule has 5 heteroatoms. The van der Waals surface area contributed by atoms with Gasteiger partial charge in [0.25, 0.3) is 0 Å². The molecule has 0 spiro atoms. The standard InChI is InChI=1S/C16H21N3O2/c1-3-8-17-16-10-18-14(9-19-16)12-21-11-13-4-6-15(20-2)7-5-13/h4-7,9-10H,3,8,11-12H2,1-2H3,(H,17,19). The lowest BCUT2D eigenvalue weighted by Gasteiger charge is -2.06. The first-order valence-corrected chi connectivity index (χ1v) is 7.07. The van der Waals surface area contributed by atoms with Gasteiger partial charge in [-0.3, -0.25) is 4.98 Å². The lowest BCUT2D eigenvalue weighted by molar-refractivity contribution is 0.104. The SMILES string of the molecule is CCCNc1cnc(COCc2ccc(OC)cc2)cn1. The number of methoxy groups -OCH3 is 1.